The van der Waals surface area contributed by atoms with E-state index in [0.29, 0.717) is 13.0 Å². The smallest absolute Gasteiger partial charge is 0.212 e. The topological polar surface area (TPSA) is 72.2 Å². The van der Waals surface area contributed by atoms with Gasteiger partial charge in [-0.1, -0.05) is 6.07 Å². The highest BCUT2D eigenvalue weighted by Crippen LogP contribution is 2.28. The van der Waals surface area contributed by atoms with E-state index in [1.54, 1.807) is 11.3 Å². The minimum absolute atomic E-state index is 0. The third kappa shape index (κ3) is 4.51. The van der Waals surface area contributed by atoms with Crippen LogP contribution in [-0.4, -0.2) is 26.3 Å². The van der Waals surface area contributed by atoms with E-state index in [0.717, 1.165) is 24.1 Å². The van der Waals surface area contributed by atoms with Crippen LogP contribution in [0.5, 0.6) is 0 Å². The number of hydrogen-bond donors (Lipinski definition) is 2. The van der Waals surface area contributed by atoms with E-state index in [2.05, 4.69) is 4.72 Å². The van der Waals surface area contributed by atoms with Gasteiger partial charge in [0.25, 0.3) is 0 Å². The third-order valence-corrected chi connectivity index (χ3v) is 5.45. The Hall–Kier alpha value is -0.140. The summed E-state index contributed by atoms with van der Waals surface area (Å²) in [4.78, 5) is 1.10. The molecule has 1 aromatic heterocycles. The summed E-state index contributed by atoms with van der Waals surface area (Å²) in [7, 11) is -3.19. The molecule has 1 aromatic rings. The predicted octanol–water partition coefficient (Wildman–Crippen LogP) is 1.51. The number of hydrogen-bond acceptors (Lipinski definition) is 4. The van der Waals surface area contributed by atoms with E-state index in [-0.39, 0.29) is 23.7 Å². The molecule has 2 rings (SSSR count). The largest absolute Gasteiger partial charge is 0.324 e. The Morgan fingerprint density at radius 2 is 2.17 bits per heavy atom. The second-order valence-electron chi connectivity index (χ2n) is 4.69. The van der Waals surface area contributed by atoms with Crippen molar-refractivity contribution in [1.29, 1.82) is 0 Å². The van der Waals surface area contributed by atoms with E-state index in [4.69, 9.17) is 5.73 Å². The van der Waals surface area contributed by atoms with Crippen LogP contribution in [0.3, 0.4) is 0 Å². The minimum Gasteiger partial charge on any atom is -0.324 e. The van der Waals surface area contributed by atoms with Crippen molar-refractivity contribution in [3.8, 4) is 0 Å². The maximum Gasteiger partial charge on any atom is 0.212 e. The zero-order valence-corrected chi connectivity index (χ0v) is 12.5. The predicted molar refractivity (Wildman–Crippen MR) is 77.8 cm³/mol. The first kappa shape index (κ1) is 15.9. The molecule has 0 atom stereocenters. The maximum absolute atomic E-state index is 11.8. The summed E-state index contributed by atoms with van der Waals surface area (Å²) in [5.74, 6) is 0.142. The Bertz CT molecular complexity index is 455. The van der Waals surface area contributed by atoms with Crippen molar-refractivity contribution < 1.29 is 8.42 Å². The molecule has 1 aliphatic carbocycles. The number of rotatable bonds is 6. The van der Waals surface area contributed by atoms with E-state index in [9.17, 15) is 8.42 Å². The van der Waals surface area contributed by atoms with Gasteiger partial charge in [-0.25, -0.2) is 13.1 Å². The number of nitrogens with two attached hydrogens (primary N) is 1. The molecule has 7 heteroatoms. The summed E-state index contributed by atoms with van der Waals surface area (Å²) in [5, 5.41) is 1.96. The Balaban J connectivity index is 0.00000162. The maximum atomic E-state index is 11.8. The molecule has 0 saturated heterocycles. The fourth-order valence-electron chi connectivity index (χ4n) is 1.82. The van der Waals surface area contributed by atoms with Crippen molar-refractivity contribution in [2.75, 3.05) is 12.3 Å². The zero-order chi connectivity index (χ0) is 12.4. The quantitative estimate of drug-likeness (QED) is 0.836. The van der Waals surface area contributed by atoms with Crippen molar-refractivity contribution in [3.05, 3.63) is 22.4 Å². The van der Waals surface area contributed by atoms with Gasteiger partial charge in [-0.2, -0.15) is 0 Å². The number of thiophene rings is 1. The molecule has 0 aliphatic heterocycles. The highest BCUT2D eigenvalue weighted by atomic mass is 35.5. The first-order valence-electron chi connectivity index (χ1n) is 5.78. The lowest BCUT2D eigenvalue weighted by molar-refractivity contribution is 0.251. The molecule has 0 spiro atoms. The SMILES string of the molecule is Cl.NC1(CNS(=O)(=O)CCc2cccs2)CCC1. The average Bonchev–Trinajstić information content (AvgIpc) is 2.74. The summed E-state index contributed by atoms with van der Waals surface area (Å²) in [6.07, 6.45) is 3.51. The summed E-state index contributed by atoms with van der Waals surface area (Å²) in [6.45, 7) is 0.375. The fourth-order valence-corrected chi connectivity index (χ4v) is 3.80. The van der Waals surface area contributed by atoms with Crippen LogP contribution in [-0.2, 0) is 16.4 Å². The van der Waals surface area contributed by atoms with E-state index in [1.807, 2.05) is 17.5 Å². The van der Waals surface area contributed by atoms with Gasteiger partial charge in [-0.15, -0.1) is 23.7 Å². The van der Waals surface area contributed by atoms with E-state index >= 15 is 0 Å². The lowest BCUT2D eigenvalue weighted by atomic mass is 9.78. The molecule has 18 heavy (non-hydrogen) atoms. The monoisotopic (exact) mass is 310 g/mol. The van der Waals surface area contributed by atoms with Gasteiger partial charge in [0.05, 0.1) is 5.75 Å². The van der Waals surface area contributed by atoms with E-state index < -0.39 is 10.0 Å². The van der Waals surface area contributed by atoms with Gasteiger partial charge in [-0.05, 0) is 37.1 Å². The Labute approximate surface area is 118 Å². The zero-order valence-electron chi connectivity index (χ0n) is 10.1. The number of sulfonamides is 1. The Morgan fingerprint density at radius 1 is 1.44 bits per heavy atom. The molecule has 3 N–H and O–H groups in total. The van der Waals surface area contributed by atoms with Crippen molar-refractivity contribution in [1.82, 2.24) is 4.72 Å². The Kier molecular flexibility index (Phi) is 5.61. The van der Waals surface area contributed by atoms with Crippen LogP contribution in [0.25, 0.3) is 0 Å². The molecule has 104 valence electrons. The average molecular weight is 311 g/mol. The van der Waals surface area contributed by atoms with Crippen molar-refractivity contribution in [2.24, 2.45) is 5.73 Å². The van der Waals surface area contributed by atoms with Crippen molar-refractivity contribution in [2.45, 2.75) is 31.2 Å². The highest BCUT2D eigenvalue weighted by Gasteiger charge is 2.33. The second kappa shape index (κ2) is 6.34. The molecule has 0 aromatic carbocycles. The minimum atomic E-state index is -3.19. The number of halogens is 1. The lowest BCUT2D eigenvalue weighted by Crippen LogP contribution is -2.55. The molecule has 1 fully saturated rings. The summed E-state index contributed by atoms with van der Waals surface area (Å²) in [5.41, 5.74) is 5.68. The molecule has 0 radical (unpaired) electrons. The molecular formula is C11H19ClN2O2S2. The fraction of sp³-hybridized carbons (Fsp3) is 0.636. The molecule has 0 amide bonds. The van der Waals surface area contributed by atoms with Crippen molar-refractivity contribution >= 4 is 33.8 Å². The van der Waals surface area contributed by atoms with Crippen LogP contribution >= 0.6 is 23.7 Å². The standard InChI is InChI=1S/C11H18N2O2S2.ClH/c12-11(5-2-6-11)9-13-17(14,15)8-4-10-3-1-7-16-10;/h1,3,7,13H,2,4-6,8-9,12H2;1H. The van der Waals surface area contributed by atoms with Gasteiger partial charge >= 0.3 is 0 Å². The normalized spacial score (nSPS) is 17.8. The van der Waals surface area contributed by atoms with Gasteiger partial charge in [0, 0.05) is 17.0 Å². The van der Waals surface area contributed by atoms with Gasteiger partial charge < -0.3 is 5.73 Å². The van der Waals surface area contributed by atoms with Gasteiger partial charge in [0.2, 0.25) is 10.0 Å². The van der Waals surface area contributed by atoms with Crippen LogP contribution < -0.4 is 10.5 Å². The summed E-state index contributed by atoms with van der Waals surface area (Å²) < 4.78 is 26.1. The van der Waals surface area contributed by atoms with Crippen LogP contribution in [0.4, 0.5) is 0 Å². The molecule has 1 heterocycles. The van der Waals surface area contributed by atoms with Crippen LogP contribution in [0.1, 0.15) is 24.1 Å². The van der Waals surface area contributed by atoms with Gasteiger partial charge in [0.15, 0.2) is 0 Å². The molecular weight excluding hydrogens is 292 g/mol. The third-order valence-electron chi connectivity index (χ3n) is 3.19. The second-order valence-corrected chi connectivity index (χ2v) is 7.64. The first-order valence-corrected chi connectivity index (χ1v) is 8.31. The molecule has 0 bridgehead atoms. The molecule has 1 aliphatic rings. The van der Waals surface area contributed by atoms with Gasteiger partial charge in [-0.3, -0.25) is 0 Å². The summed E-state index contributed by atoms with van der Waals surface area (Å²) >= 11 is 1.59. The highest BCUT2D eigenvalue weighted by molar-refractivity contribution is 7.89. The van der Waals surface area contributed by atoms with E-state index in [1.165, 1.54) is 0 Å². The number of aryl methyl sites for hydroxylation is 1. The summed E-state index contributed by atoms with van der Waals surface area (Å²) in [6, 6.07) is 3.89. The molecule has 0 unspecified atom stereocenters. The number of nitrogens with one attached hydrogen (secondary N) is 1. The molecule has 4 nitrogen and oxygen atoms in total. The first-order chi connectivity index (χ1) is 7.99. The van der Waals surface area contributed by atoms with Crippen molar-refractivity contribution in [3.63, 3.8) is 0 Å². The lowest BCUT2D eigenvalue weighted by Gasteiger charge is -2.38. The van der Waals surface area contributed by atoms with Gasteiger partial charge in [0.1, 0.15) is 0 Å². The van der Waals surface area contributed by atoms with Crippen LogP contribution in [0, 0.1) is 0 Å². The Morgan fingerprint density at radius 3 is 2.67 bits per heavy atom. The van der Waals surface area contributed by atoms with Crippen LogP contribution in [0.2, 0.25) is 0 Å². The molecule has 1 saturated carbocycles. The van der Waals surface area contributed by atoms with Crippen LogP contribution in [0.15, 0.2) is 17.5 Å².